The first kappa shape index (κ1) is 13.3. The van der Waals surface area contributed by atoms with Gasteiger partial charge >= 0.3 is 0 Å². The molecule has 0 fully saturated rings. The van der Waals surface area contributed by atoms with E-state index in [9.17, 15) is 4.79 Å². The molecule has 1 aromatic heterocycles. The summed E-state index contributed by atoms with van der Waals surface area (Å²) in [6.45, 7) is 0.302. The van der Waals surface area contributed by atoms with Crippen molar-refractivity contribution in [3.05, 3.63) is 53.5 Å². The minimum Gasteiger partial charge on any atom is -0.455 e. The third-order valence-corrected chi connectivity index (χ3v) is 4.47. The minimum atomic E-state index is -0.184. The average Bonchev–Trinajstić information content (AvgIpc) is 2.97. The Hall–Kier alpha value is -1.72. The van der Waals surface area contributed by atoms with Gasteiger partial charge < -0.3 is 15.5 Å². The summed E-state index contributed by atoms with van der Waals surface area (Å²) in [6, 6.07) is 11.6. The number of nitrogens with one attached hydrogen (secondary N) is 1. The molecule has 1 amide bonds. The van der Waals surface area contributed by atoms with Crippen LogP contribution in [-0.4, -0.2) is 11.7 Å². The zero-order chi connectivity index (χ0) is 13.9. The van der Waals surface area contributed by atoms with Crippen LogP contribution in [0.1, 0.15) is 34.3 Å². The zero-order valence-corrected chi connectivity index (χ0v) is 11.8. The number of nitrogens with two attached hydrogens (primary N) is 1. The zero-order valence-electron chi connectivity index (χ0n) is 11.0. The molecule has 1 unspecified atom stereocenters. The summed E-state index contributed by atoms with van der Waals surface area (Å²) in [5.41, 5.74) is 6.67. The van der Waals surface area contributed by atoms with E-state index in [2.05, 4.69) is 17.4 Å². The summed E-state index contributed by atoms with van der Waals surface area (Å²) >= 11 is 1.83. The first-order valence-electron chi connectivity index (χ1n) is 6.59. The van der Waals surface area contributed by atoms with Crippen LogP contribution in [0.5, 0.6) is 0 Å². The lowest BCUT2D eigenvalue weighted by Gasteiger charge is -2.25. The molecule has 1 aromatic carbocycles. The van der Waals surface area contributed by atoms with Crippen LogP contribution >= 0.6 is 11.8 Å². The molecule has 3 rings (SSSR count). The van der Waals surface area contributed by atoms with E-state index in [1.54, 1.807) is 12.1 Å². The SMILES string of the molecule is NCc1ccc(C(=O)NC2CCSc3ccccc32)o1. The summed E-state index contributed by atoms with van der Waals surface area (Å²) in [6.07, 6.45) is 0.928. The summed E-state index contributed by atoms with van der Waals surface area (Å²) in [5.74, 6) is 1.76. The lowest BCUT2D eigenvalue weighted by atomic mass is 10.0. The van der Waals surface area contributed by atoms with Gasteiger partial charge in [-0.05, 0) is 30.2 Å². The van der Waals surface area contributed by atoms with E-state index in [0.717, 1.165) is 12.2 Å². The summed E-state index contributed by atoms with van der Waals surface area (Å²) in [5, 5.41) is 3.04. The molecule has 3 N–H and O–H groups in total. The predicted molar refractivity (Wildman–Crippen MR) is 78.6 cm³/mol. The maximum absolute atomic E-state index is 12.2. The normalized spacial score (nSPS) is 17.6. The fourth-order valence-corrected chi connectivity index (χ4v) is 3.46. The van der Waals surface area contributed by atoms with Crippen molar-refractivity contribution < 1.29 is 9.21 Å². The monoisotopic (exact) mass is 288 g/mol. The smallest absolute Gasteiger partial charge is 0.287 e. The van der Waals surface area contributed by atoms with Crippen LogP contribution in [0.3, 0.4) is 0 Å². The number of hydrogen-bond donors (Lipinski definition) is 2. The van der Waals surface area contributed by atoms with Crippen LogP contribution in [0.25, 0.3) is 0 Å². The molecule has 1 aliphatic rings. The molecule has 2 heterocycles. The van der Waals surface area contributed by atoms with Gasteiger partial charge in [0.2, 0.25) is 0 Å². The highest BCUT2D eigenvalue weighted by Gasteiger charge is 2.23. The number of carbonyl (C=O) groups excluding carboxylic acids is 1. The van der Waals surface area contributed by atoms with Gasteiger partial charge in [0.1, 0.15) is 5.76 Å². The molecule has 4 nitrogen and oxygen atoms in total. The number of amides is 1. The van der Waals surface area contributed by atoms with Gasteiger partial charge in [-0.25, -0.2) is 0 Å². The maximum atomic E-state index is 12.2. The van der Waals surface area contributed by atoms with Crippen molar-refractivity contribution in [3.63, 3.8) is 0 Å². The van der Waals surface area contributed by atoms with Crippen LogP contribution < -0.4 is 11.1 Å². The molecule has 0 saturated carbocycles. The third-order valence-electron chi connectivity index (χ3n) is 3.35. The molecule has 0 spiro atoms. The molecule has 0 bridgehead atoms. The molecule has 0 saturated heterocycles. The van der Waals surface area contributed by atoms with Crippen molar-refractivity contribution in [1.29, 1.82) is 0 Å². The van der Waals surface area contributed by atoms with Gasteiger partial charge in [-0.1, -0.05) is 18.2 Å². The van der Waals surface area contributed by atoms with E-state index in [4.69, 9.17) is 10.2 Å². The van der Waals surface area contributed by atoms with E-state index in [1.165, 1.54) is 10.5 Å². The van der Waals surface area contributed by atoms with Crippen LogP contribution in [-0.2, 0) is 6.54 Å². The molecule has 1 atom stereocenters. The van der Waals surface area contributed by atoms with Crippen LogP contribution in [0.2, 0.25) is 0 Å². The van der Waals surface area contributed by atoms with Gasteiger partial charge in [-0.15, -0.1) is 11.8 Å². The molecule has 1 aliphatic heterocycles. The highest BCUT2D eigenvalue weighted by atomic mass is 32.2. The third kappa shape index (κ3) is 2.59. The van der Waals surface area contributed by atoms with Crippen LogP contribution in [0.4, 0.5) is 0 Å². The lowest BCUT2D eigenvalue weighted by Crippen LogP contribution is -2.30. The molecular weight excluding hydrogens is 272 g/mol. The quantitative estimate of drug-likeness (QED) is 0.911. The van der Waals surface area contributed by atoms with Crippen molar-refractivity contribution >= 4 is 17.7 Å². The Bertz CT molecular complexity index is 624. The Balaban J connectivity index is 1.77. The van der Waals surface area contributed by atoms with Crippen LogP contribution in [0.15, 0.2) is 45.7 Å². The minimum absolute atomic E-state index is 0.0476. The van der Waals surface area contributed by atoms with E-state index in [1.807, 2.05) is 23.9 Å². The number of hydrogen-bond acceptors (Lipinski definition) is 4. The van der Waals surface area contributed by atoms with E-state index >= 15 is 0 Å². The first-order valence-corrected chi connectivity index (χ1v) is 7.58. The highest BCUT2D eigenvalue weighted by molar-refractivity contribution is 7.99. The van der Waals surface area contributed by atoms with E-state index < -0.39 is 0 Å². The summed E-state index contributed by atoms with van der Waals surface area (Å²) in [4.78, 5) is 13.4. The predicted octanol–water partition coefficient (Wildman–Crippen LogP) is 2.71. The second-order valence-electron chi connectivity index (χ2n) is 4.67. The molecule has 0 aliphatic carbocycles. The second kappa shape index (κ2) is 5.73. The first-order chi connectivity index (χ1) is 9.78. The fourth-order valence-electron chi connectivity index (χ4n) is 2.33. The second-order valence-corrected chi connectivity index (χ2v) is 5.81. The standard InChI is InChI=1S/C15H16N2O2S/c16-9-10-5-6-13(19-10)15(18)17-12-7-8-20-14-4-2-1-3-11(12)14/h1-6,12H,7-9,16H2,(H,17,18). The molecule has 0 radical (unpaired) electrons. The van der Waals surface area contributed by atoms with Gasteiger partial charge in [-0.3, -0.25) is 4.79 Å². The Labute approximate surface area is 121 Å². The maximum Gasteiger partial charge on any atom is 0.287 e. The number of benzene rings is 1. The molecule has 104 valence electrons. The van der Waals surface area contributed by atoms with Gasteiger partial charge in [0.15, 0.2) is 5.76 Å². The van der Waals surface area contributed by atoms with Gasteiger partial charge in [0.05, 0.1) is 12.6 Å². The van der Waals surface area contributed by atoms with Gasteiger partial charge in [0.25, 0.3) is 5.91 Å². The topological polar surface area (TPSA) is 68.3 Å². The number of carbonyl (C=O) groups is 1. The molecular formula is C15H16N2O2S. The number of thioether (sulfide) groups is 1. The average molecular weight is 288 g/mol. The van der Waals surface area contributed by atoms with Gasteiger partial charge in [-0.2, -0.15) is 0 Å². The number of fused-ring (bicyclic) bond motifs is 1. The van der Waals surface area contributed by atoms with E-state index in [-0.39, 0.29) is 11.9 Å². The van der Waals surface area contributed by atoms with Crippen molar-refractivity contribution in [2.45, 2.75) is 23.9 Å². The Morgan fingerprint density at radius 2 is 2.20 bits per heavy atom. The van der Waals surface area contributed by atoms with Crippen LogP contribution in [0, 0.1) is 0 Å². The number of rotatable bonds is 3. The Kier molecular flexibility index (Phi) is 3.80. The largest absolute Gasteiger partial charge is 0.455 e. The molecule has 2 aromatic rings. The highest BCUT2D eigenvalue weighted by Crippen LogP contribution is 2.35. The van der Waals surface area contributed by atoms with Crippen molar-refractivity contribution in [3.8, 4) is 0 Å². The van der Waals surface area contributed by atoms with E-state index in [0.29, 0.717) is 18.1 Å². The fraction of sp³-hybridized carbons (Fsp3) is 0.267. The van der Waals surface area contributed by atoms with Crippen molar-refractivity contribution in [2.75, 3.05) is 5.75 Å². The van der Waals surface area contributed by atoms with Gasteiger partial charge in [0, 0.05) is 10.6 Å². The van der Waals surface area contributed by atoms with Crippen molar-refractivity contribution in [1.82, 2.24) is 5.32 Å². The Morgan fingerprint density at radius 1 is 1.35 bits per heavy atom. The Morgan fingerprint density at radius 3 is 3.00 bits per heavy atom. The summed E-state index contributed by atoms with van der Waals surface area (Å²) < 4.78 is 5.38. The number of furan rings is 1. The molecule has 20 heavy (non-hydrogen) atoms. The van der Waals surface area contributed by atoms with Crippen molar-refractivity contribution in [2.24, 2.45) is 5.73 Å². The lowest BCUT2D eigenvalue weighted by molar-refractivity contribution is 0.0905. The molecule has 5 heteroatoms. The summed E-state index contributed by atoms with van der Waals surface area (Å²) in [7, 11) is 0.